The number of ether oxygens (including phenoxy) is 1. The normalized spacial score (nSPS) is 19.5. The number of likely N-dealkylation sites (tertiary alicyclic amines) is 1. The third-order valence-corrected chi connectivity index (χ3v) is 5.26. The van der Waals surface area contributed by atoms with E-state index in [-0.39, 0.29) is 11.8 Å². The lowest BCUT2D eigenvalue weighted by atomic mass is 10.1. The number of halogens is 3. The van der Waals surface area contributed by atoms with Crippen LogP contribution in [-0.2, 0) is 6.54 Å². The lowest BCUT2D eigenvalue weighted by Crippen LogP contribution is -2.24. The summed E-state index contributed by atoms with van der Waals surface area (Å²) >= 11 is 5.95. The molecule has 162 valence electrons. The van der Waals surface area contributed by atoms with Gasteiger partial charge < -0.3 is 14.4 Å². The number of alkyl halides is 2. The molecule has 0 radical (unpaired) electrons. The summed E-state index contributed by atoms with van der Waals surface area (Å²) < 4.78 is 36.6. The summed E-state index contributed by atoms with van der Waals surface area (Å²) in [5, 5.41) is 14.9. The molecule has 1 aliphatic rings. The number of aliphatic hydroxyl groups is 1. The lowest BCUT2D eigenvalue weighted by Gasteiger charge is -2.21. The van der Waals surface area contributed by atoms with Crippen molar-refractivity contribution >= 4 is 11.6 Å². The van der Waals surface area contributed by atoms with Crippen LogP contribution in [0.5, 0.6) is 5.75 Å². The second-order valence-corrected chi connectivity index (χ2v) is 7.75. The molecule has 2 atom stereocenters. The first kappa shape index (κ1) is 21.4. The van der Waals surface area contributed by atoms with Gasteiger partial charge in [0.25, 0.3) is 0 Å². The zero-order chi connectivity index (χ0) is 22.0. The molecule has 4 rings (SSSR count). The van der Waals surface area contributed by atoms with Crippen LogP contribution >= 0.6 is 11.6 Å². The highest BCUT2D eigenvalue weighted by Crippen LogP contribution is 2.34. The molecule has 31 heavy (non-hydrogen) atoms. The van der Waals surface area contributed by atoms with Crippen molar-refractivity contribution in [2.45, 2.75) is 31.2 Å². The van der Waals surface area contributed by atoms with E-state index in [1.807, 2.05) is 24.3 Å². The molecule has 1 aromatic heterocycles. The largest absolute Gasteiger partial charge is 0.429 e. The average Bonchev–Trinajstić information content (AvgIpc) is 3.37. The SMILES string of the molecule is C=CC(F)(F)Oc1ccc(-c2noc(C3C[C@@H](O)CN3Cc3ccc(Cl)cc3)n2)cc1. The molecule has 6 nitrogen and oxygen atoms in total. The Labute approximate surface area is 182 Å². The minimum Gasteiger partial charge on any atom is -0.429 e. The van der Waals surface area contributed by atoms with E-state index in [1.54, 1.807) is 12.1 Å². The number of β-amino-alcohol motifs (C(OH)–C–C–N with tert-alkyl or cyclic N) is 1. The molecule has 0 amide bonds. The summed E-state index contributed by atoms with van der Waals surface area (Å²) in [6.07, 6.45) is -3.05. The van der Waals surface area contributed by atoms with Crippen molar-refractivity contribution in [1.82, 2.24) is 15.0 Å². The second-order valence-electron chi connectivity index (χ2n) is 7.31. The fourth-order valence-corrected chi connectivity index (χ4v) is 3.62. The zero-order valence-corrected chi connectivity index (χ0v) is 17.2. The fourth-order valence-electron chi connectivity index (χ4n) is 3.49. The third-order valence-electron chi connectivity index (χ3n) is 5.01. The van der Waals surface area contributed by atoms with Crippen LogP contribution < -0.4 is 4.74 Å². The van der Waals surface area contributed by atoms with Crippen LogP contribution in [0, 0.1) is 0 Å². The van der Waals surface area contributed by atoms with Crippen LogP contribution in [0.15, 0.2) is 65.7 Å². The fraction of sp³-hybridized carbons (Fsp3) is 0.273. The van der Waals surface area contributed by atoms with E-state index >= 15 is 0 Å². The van der Waals surface area contributed by atoms with Gasteiger partial charge in [-0.05, 0) is 48.4 Å². The van der Waals surface area contributed by atoms with Gasteiger partial charge in [0.05, 0.1) is 12.1 Å². The van der Waals surface area contributed by atoms with Gasteiger partial charge in [-0.1, -0.05) is 35.5 Å². The van der Waals surface area contributed by atoms with Gasteiger partial charge in [0.15, 0.2) is 0 Å². The van der Waals surface area contributed by atoms with E-state index in [4.69, 9.17) is 16.1 Å². The Kier molecular flexibility index (Phi) is 6.04. The molecule has 3 aromatic rings. The van der Waals surface area contributed by atoms with Gasteiger partial charge in [-0.3, -0.25) is 4.90 Å². The van der Waals surface area contributed by atoms with Gasteiger partial charge in [-0.25, -0.2) is 0 Å². The van der Waals surface area contributed by atoms with Gasteiger partial charge in [0.1, 0.15) is 5.75 Å². The van der Waals surface area contributed by atoms with Crippen LogP contribution in [0.4, 0.5) is 8.78 Å². The zero-order valence-electron chi connectivity index (χ0n) is 16.4. The third kappa shape index (κ3) is 5.10. The van der Waals surface area contributed by atoms with Crippen molar-refractivity contribution in [1.29, 1.82) is 0 Å². The maximum atomic E-state index is 13.3. The first-order valence-electron chi connectivity index (χ1n) is 9.64. The Balaban J connectivity index is 1.49. The van der Waals surface area contributed by atoms with E-state index in [1.165, 1.54) is 12.1 Å². The highest BCUT2D eigenvalue weighted by atomic mass is 35.5. The van der Waals surface area contributed by atoms with Crippen LogP contribution in [0.1, 0.15) is 23.9 Å². The quantitative estimate of drug-likeness (QED) is 0.522. The molecule has 0 aliphatic carbocycles. The van der Waals surface area contributed by atoms with E-state index in [9.17, 15) is 13.9 Å². The number of hydrogen-bond donors (Lipinski definition) is 1. The average molecular weight is 448 g/mol. The summed E-state index contributed by atoms with van der Waals surface area (Å²) in [6.45, 7) is 4.12. The Morgan fingerprint density at radius 3 is 2.61 bits per heavy atom. The van der Waals surface area contributed by atoms with Crippen molar-refractivity contribution in [2.24, 2.45) is 0 Å². The minimum atomic E-state index is -3.45. The van der Waals surface area contributed by atoms with Gasteiger partial charge >= 0.3 is 6.11 Å². The van der Waals surface area contributed by atoms with Crippen molar-refractivity contribution < 1.29 is 23.1 Å². The summed E-state index contributed by atoms with van der Waals surface area (Å²) in [6, 6.07) is 13.2. The molecule has 0 bridgehead atoms. The smallest absolute Gasteiger partial charge is 0.419 e. The predicted octanol–water partition coefficient (Wildman–Crippen LogP) is 4.86. The molecule has 9 heteroatoms. The molecule has 2 heterocycles. The van der Waals surface area contributed by atoms with Crippen LogP contribution in [0.3, 0.4) is 0 Å². The van der Waals surface area contributed by atoms with E-state index in [0.717, 1.165) is 5.56 Å². The lowest BCUT2D eigenvalue weighted by molar-refractivity contribution is -0.131. The van der Waals surface area contributed by atoms with E-state index < -0.39 is 12.2 Å². The molecule has 2 aromatic carbocycles. The molecule has 1 unspecified atom stereocenters. The Bertz CT molecular complexity index is 1040. The first-order chi connectivity index (χ1) is 14.8. The number of rotatable bonds is 7. The number of nitrogens with zero attached hydrogens (tertiary/aromatic N) is 3. The molecule has 0 saturated carbocycles. The van der Waals surface area contributed by atoms with Gasteiger partial charge in [-0.15, -0.1) is 0 Å². The van der Waals surface area contributed by atoms with E-state index in [2.05, 4.69) is 26.4 Å². The van der Waals surface area contributed by atoms with Crippen molar-refractivity contribution in [3.8, 4) is 17.1 Å². The van der Waals surface area contributed by atoms with Crippen LogP contribution in [-0.4, -0.2) is 38.9 Å². The van der Waals surface area contributed by atoms with Crippen molar-refractivity contribution in [3.63, 3.8) is 0 Å². The van der Waals surface area contributed by atoms with Gasteiger partial charge in [0, 0.05) is 29.8 Å². The number of aliphatic hydroxyl groups excluding tert-OH is 1. The van der Waals surface area contributed by atoms with Gasteiger partial charge in [-0.2, -0.15) is 13.8 Å². The summed E-state index contributed by atoms with van der Waals surface area (Å²) in [5.41, 5.74) is 1.64. The monoisotopic (exact) mass is 447 g/mol. The molecule has 1 fully saturated rings. The van der Waals surface area contributed by atoms with Gasteiger partial charge in [0.2, 0.25) is 11.7 Å². The van der Waals surface area contributed by atoms with E-state index in [0.29, 0.717) is 47.9 Å². The highest BCUT2D eigenvalue weighted by Gasteiger charge is 2.36. The Hall–Kier alpha value is -2.81. The number of benzene rings is 2. The summed E-state index contributed by atoms with van der Waals surface area (Å²) in [7, 11) is 0. The maximum Gasteiger partial charge on any atom is 0.419 e. The molecular formula is C22H20ClF2N3O3. The standard InChI is InChI=1S/C22H20ClF2N3O3/c1-2-22(24,25)30-18-9-5-15(6-10-18)20-26-21(31-27-20)19-11-17(29)13-28(19)12-14-3-7-16(23)8-4-14/h2-10,17,19,29H,1,11-13H2/t17-,19?/m1/s1. The number of hydrogen-bond acceptors (Lipinski definition) is 6. The molecule has 0 spiro atoms. The highest BCUT2D eigenvalue weighted by molar-refractivity contribution is 6.30. The summed E-state index contributed by atoms with van der Waals surface area (Å²) in [5.74, 6) is 0.703. The summed E-state index contributed by atoms with van der Waals surface area (Å²) in [4.78, 5) is 6.54. The van der Waals surface area contributed by atoms with Crippen molar-refractivity contribution in [3.05, 3.63) is 77.7 Å². The molecular weight excluding hydrogens is 428 g/mol. The van der Waals surface area contributed by atoms with Crippen LogP contribution in [0.25, 0.3) is 11.4 Å². The molecule has 1 N–H and O–H groups in total. The molecule has 1 aliphatic heterocycles. The Morgan fingerprint density at radius 1 is 1.23 bits per heavy atom. The second kappa shape index (κ2) is 8.74. The molecule has 1 saturated heterocycles. The Morgan fingerprint density at radius 2 is 1.94 bits per heavy atom. The van der Waals surface area contributed by atoms with Crippen molar-refractivity contribution in [2.75, 3.05) is 6.54 Å². The minimum absolute atomic E-state index is 0.00887. The topological polar surface area (TPSA) is 71.6 Å². The van der Waals surface area contributed by atoms with Crippen LogP contribution in [0.2, 0.25) is 5.02 Å². The first-order valence-corrected chi connectivity index (χ1v) is 10.0. The number of aromatic nitrogens is 2. The maximum absolute atomic E-state index is 13.3. The predicted molar refractivity (Wildman–Crippen MR) is 111 cm³/mol.